The van der Waals surface area contributed by atoms with Gasteiger partial charge in [0.15, 0.2) is 0 Å². The Bertz CT molecular complexity index is 1380. The Morgan fingerprint density at radius 2 is 1.19 bits per heavy atom. The van der Waals surface area contributed by atoms with E-state index in [0.29, 0.717) is 35.8 Å². The molecule has 0 bridgehead atoms. The van der Waals surface area contributed by atoms with Crippen molar-refractivity contribution < 1.29 is 46.5 Å². The first-order valence-corrected chi connectivity index (χ1v) is 13.0. The maximum Gasteiger partial charge on any atom is 0.422 e. The number of carbonyl (C=O) groups excluding carboxylic acids is 3. The summed E-state index contributed by atoms with van der Waals surface area (Å²) in [5.74, 6) is -1.65. The average Bonchev–Trinajstić information content (AvgIpc) is 2.98. The molecule has 0 N–H and O–H groups in total. The molecule has 0 saturated heterocycles. The molecular weight excluding hydrogens is 553 g/mol. The van der Waals surface area contributed by atoms with Gasteiger partial charge >= 0.3 is 24.1 Å². The fraction of sp³-hybridized carbons (Fsp3) is 0.219. The fourth-order valence-corrected chi connectivity index (χ4v) is 3.55. The molecular formula is C32H29F3O7. The first-order chi connectivity index (χ1) is 20.1. The zero-order chi connectivity index (χ0) is 30.5. The quantitative estimate of drug-likeness (QED) is 0.0855. The summed E-state index contributed by atoms with van der Waals surface area (Å²) >= 11 is 0. The first-order valence-electron chi connectivity index (χ1n) is 13.0. The van der Waals surface area contributed by atoms with Crippen LogP contribution in [0.5, 0.6) is 17.2 Å². The van der Waals surface area contributed by atoms with Gasteiger partial charge in [-0.3, -0.25) is 0 Å². The second-order valence-electron chi connectivity index (χ2n) is 8.96. The lowest BCUT2D eigenvalue weighted by Gasteiger charge is -2.10. The van der Waals surface area contributed by atoms with E-state index in [1.807, 2.05) is 0 Å². The smallest absolute Gasteiger partial charge is 0.422 e. The van der Waals surface area contributed by atoms with Crippen molar-refractivity contribution in [3.05, 3.63) is 103 Å². The molecule has 10 heteroatoms. The van der Waals surface area contributed by atoms with E-state index in [0.717, 1.165) is 37.3 Å². The maximum atomic E-state index is 12.6. The molecule has 0 saturated carbocycles. The molecule has 3 rings (SSSR count). The molecule has 0 fully saturated rings. The van der Waals surface area contributed by atoms with E-state index in [-0.39, 0.29) is 5.75 Å². The molecule has 0 spiro atoms. The van der Waals surface area contributed by atoms with Crippen LogP contribution in [-0.4, -0.2) is 37.3 Å². The molecule has 42 heavy (non-hydrogen) atoms. The molecule has 0 aliphatic heterocycles. The zero-order valence-corrected chi connectivity index (χ0v) is 22.7. The van der Waals surface area contributed by atoms with E-state index in [9.17, 15) is 27.6 Å². The Balaban J connectivity index is 1.43. The van der Waals surface area contributed by atoms with Gasteiger partial charge in [0, 0.05) is 6.08 Å². The summed E-state index contributed by atoms with van der Waals surface area (Å²) < 4.78 is 58.5. The summed E-state index contributed by atoms with van der Waals surface area (Å²) in [6, 6.07) is 19.1. The van der Waals surface area contributed by atoms with Crippen molar-refractivity contribution in [2.75, 3.05) is 13.2 Å². The van der Waals surface area contributed by atoms with Crippen LogP contribution >= 0.6 is 0 Å². The zero-order valence-electron chi connectivity index (χ0n) is 22.7. The first kappa shape index (κ1) is 31.7. The fourth-order valence-electron chi connectivity index (χ4n) is 3.55. The van der Waals surface area contributed by atoms with Gasteiger partial charge in [0.1, 0.15) is 22.8 Å². The van der Waals surface area contributed by atoms with E-state index in [4.69, 9.17) is 18.9 Å². The van der Waals surface area contributed by atoms with Crippen molar-refractivity contribution in [2.45, 2.75) is 31.9 Å². The van der Waals surface area contributed by atoms with Crippen molar-refractivity contribution in [1.82, 2.24) is 0 Å². The summed E-state index contributed by atoms with van der Waals surface area (Å²) in [5.41, 5.74) is 0.196. The molecule has 3 aromatic rings. The molecule has 0 atom stereocenters. The molecule has 0 aromatic heterocycles. The second kappa shape index (κ2) is 15.2. The van der Waals surface area contributed by atoms with Gasteiger partial charge in [0.05, 0.1) is 18.8 Å². The number of carbonyl (C=O) groups is 3. The van der Waals surface area contributed by atoms with Crippen molar-refractivity contribution in [3.63, 3.8) is 0 Å². The van der Waals surface area contributed by atoms with Gasteiger partial charge in [0.25, 0.3) is 0 Å². The number of halogens is 3. The lowest BCUT2D eigenvalue weighted by molar-refractivity contribution is -0.142. The van der Waals surface area contributed by atoms with Crippen LogP contribution in [0.3, 0.4) is 0 Å². The van der Waals surface area contributed by atoms with Crippen molar-refractivity contribution >= 4 is 17.9 Å². The van der Waals surface area contributed by atoms with Gasteiger partial charge in [-0.1, -0.05) is 37.4 Å². The minimum absolute atomic E-state index is 0.0585. The molecule has 0 unspecified atom stereocenters. The molecule has 220 valence electrons. The van der Waals surface area contributed by atoms with E-state index >= 15 is 0 Å². The van der Waals surface area contributed by atoms with Crippen molar-refractivity contribution in [1.29, 1.82) is 0 Å². The number of hydrogen-bond donors (Lipinski definition) is 0. The van der Waals surface area contributed by atoms with E-state index in [1.165, 1.54) is 12.1 Å². The Labute approximate surface area is 241 Å². The molecule has 7 nitrogen and oxygen atoms in total. The largest absolute Gasteiger partial charge is 0.494 e. The third kappa shape index (κ3) is 9.96. The van der Waals surface area contributed by atoms with Crippen LogP contribution in [0.15, 0.2) is 97.6 Å². The molecule has 0 heterocycles. The topological polar surface area (TPSA) is 88.1 Å². The Morgan fingerprint density at radius 1 is 0.690 bits per heavy atom. The van der Waals surface area contributed by atoms with Gasteiger partial charge in [0.2, 0.25) is 0 Å². The number of unbranched alkanes of at least 4 members (excludes halogenated alkanes) is 3. The molecule has 0 radical (unpaired) electrons. The highest BCUT2D eigenvalue weighted by Crippen LogP contribution is 2.28. The molecule has 0 aliphatic carbocycles. The van der Waals surface area contributed by atoms with Crippen molar-refractivity contribution in [3.8, 4) is 28.4 Å². The van der Waals surface area contributed by atoms with Crippen LogP contribution in [0.1, 0.15) is 36.0 Å². The minimum atomic E-state index is -4.87. The number of esters is 3. The summed E-state index contributed by atoms with van der Waals surface area (Å²) in [7, 11) is 0. The average molecular weight is 583 g/mol. The summed E-state index contributed by atoms with van der Waals surface area (Å²) in [6.07, 6.45) is -0.274. The minimum Gasteiger partial charge on any atom is -0.494 e. The van der Waals surface area contributed by atoms with E-state index in [1.54, 1.807) is 60.7 Å². The normalized spacial score (nSPS) is 10.8. The number of rotatable bonds is 14. The summed E-state index contributed by atoms with van der Waals surface area (Å²) in [5, 5.41) is 0. The van der Waals surface area contributed by atoms with Crippen LogP contribution in [0, 0.1) is 0 Å². The van der Waals surface area contributed by atoms with Crippen LogP contribution in [-0.2, 0) is 14.3 Å². The van der Waals surface area contributed by atoms with Crippen LogP contribution < -0.4 is 14.2 Å². The molecule has 0 amide bonds. The Hall–Kier alpha value is -4.86. The highest BCUT2D eigenvalue weighted by atomic mass is 19.4. The number of alkyl halides is 3. The maximum absolute atomic E-state index is 12.6. The van der Waals surface area contributed by atoms with Gasteiger partial charge < -0.3 is 18.9 Å². The predicted molar refractivity (Wildman–Crippen MR) is 149 cm³/mol. The monoisotopic (exact) mass is 582 g/mol. The van der Waals surface area contributed by atoms with Crippen LogP contribution in [0.2, 0.25) is 0 Å². The Morgan fingerprint density at radius 3 is 1.71 bits per heavy atom. The summed E-state index contributed by atoms with van der Waals surface area (Å²) in [6.45, 7) is 6.95. The second-order valence-corrected chi connectivity index (χ2v) is 8.96. The van der Waals surface area contributed by atoms with Crippen molar-refractivity contribution in [2.24, 2.45) is 0 Å². The van der Waals surface area contributed by atoms with Crippen LogP contribution in [0.4, 0.5) is 13.2 Å². The van der Waals surface area contributed by atoms with Gasteiger partial charge in [-0.05, 0) is 85.3 Å². The molecule has 0 aliphatic rings. The summed E-state index contributed by atoms with van der Waals surface area (Å²) in [4.78, 5) is 35.1. The SMILES string of the molecule is C=CC(=O)OCCCCCCOc1ccc(C(=O)Oc2ccc(-c3ccc(OC(=O)C(=C)C(F)(F)F)cc3)cc2)cc1. The number of ether oxygens (including phenoxy) is 4. The standard InChI is InChI=1S/C32H29F3O7/c1-3-29(36)40-21-7-5-4-6-20-39-26-14-12-25(13-15-26)31(38)42-28-18-10-24(11-19-28)23-8-16-27(17-9-23)41-30(37)22(2)32(33,34)35/h3,8-19H,1-2,4-7,20-21H2. The van der Waals surface area contributed by atoms with Gasteiger partial charge in [-0.25, -0.2) is 14.4 Å². The van der Waals surface area contributed by atoms with E-state index in [2.05, 4.69) is 13.2 Å². The highest BCUT2D eigenvalue weighted by molar-refractivity contribution is 5.91. The van der Waals surface area contributed by atoms with E-state index < -0.39 is 29.7 Å². The van der Waals surface area contributed by atoms with Gasteiger partial charge in [-0.2, -0.15) is 13.2 Å². The number of benzene rings is 3. The number of hydrogen-bond acceptors (Lipinski definition) is 7. The molecule has 3 aromatic carbocycles. The lowest BCUT2D eigenvalue weighted by atomic mass is 10.1. The lowest BCUT2D eigenvalue weighted by Crippen LogP contribution is -2.23. The van der Waals surface area contributed by atoms with Crippen LogP contribution in [0.25, 0.3) is 11.1 Å². The van der Waals surface area contributed by atoms with Gasteiger partial charge in [-0.15, -0.1) is 0 Å². The Kier molecular flexibility index (Phi) is 11.5. The predicted octanol–water partition coefficient (Wildman–Crippen LogP) is 7.27. The third-order valence-corrected chi connectivity index (χ3v) is 5.86. The third-order valence-electron chi connectivity index (χ3n) is 5.86. The highest BCUT2D eigenvalue weighted by Gasteiger charge is 2.38.